The van der Waals surface area contributed by atoms with Gasteiger partial charge in [-0.3, -0.25) is 4.79 Å². The van der Waals surface area contributed by atoms with Gasteiger partial charge in [-0.05, 0) is 25.3 Å². The van der Waals surface area contributed by atoms with Crippen molar-refractivity contribution in [3.05, 3.63) is 65.9 Å². The van der Waals surface area contributed by atoms with Gasteiger partial charge in [0.05, 0.1) is 0 Å². The Bertz CT molecular complexity index is 880. The maximum absolute atomic E-state index is 12.6. The molecule has 134 valence electrons. The molecule has 0 saturated carbocycles. The van der Waals surface area contributed by atoms with Crippen LogP contribution in [-0.2, 0) is 6.42 Å². The zero-order chi connectivity index (χ0) is 18.4. The van der Waals surface area contributed by atoms with Crippen molar-refractivity contribution in [1.29, 1.82) is 0 Å². The number of carbonyl (C=O) groups excluding carboxylic acids is 1. The first-order chi connectivity index (χ1) is 12.7. The zero-order valence-electron chi connectivity index (χ0n) is 15.3. The van der Waals surface area contributed by atoms with E-state index < -0.39 is 0 Å². The first-order valence-electron chi connectivity index (χ1n) is 8.99. The van der Waals surface area contributed by atoms with Crippen LogP contribution in [0.4, 0.5) is 5.82 Å². The molecule has 1 amide bonds. The number of aryl methyl sites for hydroxylation is 1. The van der Waals surface area contributed by atoms with Gasteiger partial charge in [-0.2, -0.15) is 0 Å². The van der Waals surface area contributed by atoms with Gasteiger partial charge in [-0.1, -0.05) is 54.6 Å². The van der Waals surface area contributed by atoms with Crippen LogP contribution in [0.1, 0.15) is 29.4 Å². The highest BCUT2D eigenvalue weighted by atomic mass is 16.1. The van der Waals surface area contributed by atoms with Gasteiger partial charge in [0.25, 0.3) is 5.91 Å². The third kappa shape index (κ3) is 3.99. The molecule has 3 rings (SSSR count). The van der Waals surface area contributed by atoms with E-state index in [1.54, 1.807) is 0 Å². The molecular weight excluding hydrogens is 324 g/mol. The predicted octanol–water partition coefficient (Wildman–Crippen LogP) is 3.45. The summed E-state index contributed by atoms with van der Waals surface area (Å²) < 4.78 is 0. The number of hydrogen-bond donors (Lipinski definition) is 1. The number of carbonyl (C=O) groups is 1. The average Bonchev–Trinajstić information content (AvgIpc) is 2.70. The maximum atomic E-state index is 12.6. The summed E-state index contributed by atoms with van der Waals surface area (Å²) in [4.78, 5) is 14.6. The molecule has 26 heavy (non-hydrogen) atoms. The highest BCUT2D eigenvalue weighted by molar-refractivity contribution is 6.07. The Morgan fingerprint density at radius 2 is 1.69 bits per heavy atom. The fourth-order valence-electron chi connectivity index (χ4n) is 2.91. The number of rotatable bonds is 7. The molecule has 0 spiro atoms. The highest BCUT2D eigenvalue weighted by Gasteiger charge is 2.16. The van der Waals surface area contributed by atoms with Crippen molar-refractivity contribution in [2.45, 2.75) is 19.8 Å². The van der Waals surface area contributed by atoms with Gasteiger partial charge in [-0.25, -0.2) is 0 Å². The van der Waals surface area contributed by atoms with E-state index in [-0.39, 0.29) is 5.91 Å². The molecule has 0 fully saturated rings. The zero-order valence-corrected chi connectivity index (χ0v) is 15.3. The Balaban J connectivity index is 1.70. The molecule has 0 aliphatic heterocycles. The molecule has 0 aliphatic carbocycles. The molecule has 0 bridgehead atoms. The number of benzene rings is 2. The minimum absolute atomic E-state index is 0.174. The van der Waals surface area contributed by atoms with Gasteiger partial charge in [0.15, 0.2) is 11.5 Å². The van der Waals surface area contributed by atoms with E-state index in [0.29, 0.717) is 12.2 Å². The van der Waals surface area contributed by atoms with Gasteiger partial charge in [0, 0.05) is 30.9 Å². The van der Waals surface area contributed by atoms with Crippen LogP contribution in [0.5, 0.6) is 0 Å². The molecule has 0 atom stereocenters. The summed E-state index contributed by atoms with van der Waals surface area (Å²) in [5.74, 6) is 0.621. The minimum Gasteiger partial charge on any atom is -0.358 e. The van der Waals surface area contributed by atoms with E-state index in [9.17, 15) is 4.79 Å². The number of anilines is 1. The first-order valence-corrected chi connectivity index (χ1v) is 8.99. The average molecular weight is 348 g/mol. The summed E-state index contributed by atoms with van der Waals surface area (Å²) in [7, 11) is 1.97. The molecule has 1 N–H and O–H groups in total. The lowest BCUT2D eigenvalue weighted by Crippen LogP contribution is -2.27. The number of amides is 1. The summed E-state index contributed by atoms with van der Waals surface area (Å²) in [5.41, 5.74) is 1.66. The predicted molar refractivity (Wildman–Crippen MR) is 106 cm³/mol. The van der Waals surface area contributed by atoms with Crippen molar-refractivity contribution in [2.24, 2.45) is 0 Å². The van der Waals surface area contributed by atoms with Crippen LogP contribution in [0.25, 0.3) is 10.8 Å². The third-order valence-electron chi connectivity index (χ3n) is 4.49. The highest BCUT2D eigenvalue weighted by Crippen LogP contribution is 2.24. The van der Waals surface area contributed by atoms with Crippen molar-refractivity contribution in [3.8, 4) is 0 Å². The second-order valence-electron chi connectivity index (χ2n) is 6.28. The number of nitrogens with one attached hydrogen (secondary N) is 1. The van der Waals surface area contributed by atoms with Gasteiger partial charge >= 0.3 is 0 Å². The van der Waals surface area contributed by atoms with Gasteiger partial charge < -0.3 is 10.2 Å². The molecule has 2 aromatic carbocycles. The fraction of sp³-hybridized carbons (Fsp3) is 0.286. The minimum atomic E-state index is -0.174. The van der Waals surface area contributed by atoms with E-state index in [2.05, 4.69) is 34.6 Å². The van der Waals surface area contributed by atoms with Crippen molar-refractivity contribution in [3.63, 3.8) is 0 Å². The molecule has 1 heterocycles. The fourth-order valence-corrected chi connectivity index (χ4v) is 2.91. The second kappa shape index (κ2) is 8.43. The summed E-state index contributed by atoms with van der Waals surface area (Å²) >= 11 is 0. The summed E-state index contributed by atoms with van der Waals surface area (Å²) in [6, 6.07) is 18.1. The molecule has 5 nitrogen and oxygen atoms in total. The lowest BCUT2D eigenvalue weighted by molar-refractivity contribution is 0.0949. The van der Waals surface area contributed by atoms with E-state index in [1.807, 2.05) is 54.4 Å². The molecule has 0 radical (unpaired) electrons. The topological polar surface area (TPSA) is 58.1 Å². The Morgan fingerprint density at radius 3 is 2.42 bits per heavy atom. The number of aromatic nitrogens is 2. The van der Waals surface area contributed by atoms with Crippen molar-refractivity contribution >= 4 is 22.5 Å². The maximum Gasteiger partial charge on any atom is 0.272 e. The largest absolute Gasteiger partial charge is 0.358 e. The summed E-state index contributed by atoms with van der Waals surface area (Å²) in [6.07, 6.45) is 1.82. The number of hydrogen-bond acceptors (Lipinski definition) is 4. The van der Waals surface area contributed by atoms with Crippen LogP contribution in [0.2, 0.25) is 0 Å². The van der Waals surface area contributed by atoms with E-state index >= 15 is 0 Å². The SMILES string of the molecule is CCN(C)c1nnc(C(=O)NCCCc2ccccc2)c2ccccc12. The van der Waals surface area contributed by atoms with E-state index in [1.165, 1.54) is 5.56 Å². The smallest absolute Gasteiger partial charge is 0.272 e. The van der Waals surface area contributed by atoms with Crippen LogP contribution in [0.15, 0.2) is 54.6 Å². The Hall–Kier alpha value is -2.95. The third-order valence-corrected chi connectivity index (χ3v) is 4.49. The van der Waals surface area contributed by atoms with Crippen LogP contribution in [-0.4, -0.2) is 36.2 Å². The van der Waals surface area contributed by atoms with E-state index in [4.69, 9.17) is 0 Å². The molecule has 5 heteroatoms. The van der Waals surface area contributed by atoms with Crippen LogP contribution >= 0.6 is 0 Å². The van der Waals surface area contributed by atoms with Gasteiger partial charge in [-0.15, -0.1) is 10.2 Å². The van der Waals surface area contributed by atoms with E-state index in [0.717, 1.165) is 36.0 Å². The Morgan fingerprint density at radius 1 is 1.00 bits per heavy atom. The summed E-state index contributed by atoms with van der Waals surface area (Å²) in [5, 5.41) is 13.2. The van der Waals surface area contributed by atoms with Crippen LogP contribution in [0.3, 0.4) is 0 Å². The molecule has 0 aliphatic rings. The lowest BCUT2D eigenvalue weighted by Gasteiger charge is -2.17. The van der Waals surface area contributed by atoms with Crippen molar-refractivity contribution in [2.75, 3.05) is 25.0 Å². The van der Waals surface area contributed by atoms with Crippen molar-refractivity contribution < 1.29 is 4.79 Å². The summed E-state index contributed by atoms with van der Waals surface area (Å²) in [6.45, 7) is 3.49. The molecular formula is C21H24N4O. The number of nitrogens with zero attached hydrogens (tertiary/aromatic N) is 3. The molecule has 0 unspecified atom stereocenters. The Labute approximate surface area is 154 Å². The van der Waals surface area contributed by atoms with Gasteiger partial charge in [0.2, 0.25) is 0 Å². The standard InChI is InChI=1S/C21H24N4O/c1-3-25(2)20-18-14-8-7-13-17(18)19(23-24-20)21(26)22-15-9-12-16-10-5-4-6-11-16/h4-8,10-11,13-14H,3,9,12,15H2,1-2H3,(H,22,26). The molecule has 3 aromatic rings. The normalized spacial score (nSPS) is 10.7. The lowest BCUT2D eigenvalue weighted by atomic mass is 10.1. The van der Waals surface area contributed by atoms with Crippen molar-refractivity contribution in [1.82, 2.24) is 15.5 Å². The number of fused-ring (bicyclic) bond motifs is 1. The van der Waals surface area contributed by atoms with Crippen LogP contribution < -0.4 is 10.2 Å². The quantitative estimate of drug-likeness (QED) is 0.665. The first kappa shape index (κ1) is 17.9. The van der Waals surface area contributed by atoms with Gasteiger partial charge in [0.1, 0.15) is 0 Å². The Kier molecular flexibility index (Phi) is 5.79. The van der Waals surface area contributed by atoms with Crippen LogP contribution in [0, 0.1) is 0 Å². The monoisotopic (exact) mass is 348 g/mol. The molecule has 1 aromatic heterocycles. The second-order valence-corrected chi connectivity index (χ2v) is 6.28. The molecule has 0 saturated heterocycles.